The zero-order valence-corrected chi connectivity index (χ0v) is 13.7. The Morgan fingerprint density at radius 3 is 2.16 bits per heavy atom. The number of aromatic nitrogens is 1. The minimum absolute atomic E-state index is 0.594. The number of rotatable bonds is 2. The molecule has 0 fully saturated rings. The first-order valence-electron chi connectivity index (χ1n) is 8.49. The molecular formula is C23H17NO. The average Bonchev–Trinajstić information content (AvgIpc) is 3.09. The molecule has 0 aliphatic carbocycles. The molecule has 0 saturated heterocycles. The zero-order chi connectivity index (χ0) is 16.6. The van der Waals surface area contributed by atoms with Crippen molar-refractivity contribution in [1.29, 1.82) is 0 Å². The van der Waals surface area contributed by atoms with Crippen molar-refractivity contribution >= 4 is 0 Å². The monoisotopic (exact) mass is 323 g/mol. The fourth-order valence-corrected chi connectivity index (χ4v) is 3.58. The van der Waals surface area contributed by atoms with Gasteiger partial charge in [0.05, 0.1) is 5.69 Å². The maximum absolute atomic E-state index is 6.05. The fraction of sp³-hybridized carbons (Fsp3) is 0.0435. The van der Waals surface area contributed by atoms with Crippen LogP contribution in [0.25, 0.3) is 28.1 Å². The molecule has 120 valence electrons. The van der Waals surface area contributed by atoms with Crippen molar-refractivity contribution in [2.24, 2.45) is 0 Å². The van der Waals surface area contributed by atoms with Crippen LogP contribution in [0.3, 0.4) is 0 Å². The van der Waals surface area contributed by atoms with Crippen molar-refractivity contribution in [1.82, 2.24) is 4.57 Å². The van der Waals surface area contributed by atoms with Crippen LogP contribution in [0.5, 0.6) is 5.75 Å². The number of ether oxygens (including phenoxy) is 1. The third kappa shape index (κ3) is 2.26. The Kier molecular flexibility index (Phi) is 3.20. The van der Waals surface area contributed by atoms with E-state index >= 15 is 0 Å². The zero-order valence-electron chi connectivity index (χ0n) is 13.7. The summed E-state index contributed by atoms with van der Waals surface area (Å²) in [6.07, 6.45) is 2.24. The number of fused-ring (bicyclic) bond motifs is 3. The second-order valence-electron chi connectivity index (χ2n) is 6.23. The van der Waals surface area contributed by atoms with E-state index in [1.165, 1.54) is 22.4 Å². The van der Waals surface area contributed by atoms with E-state index in [1.54, 1.807) is 0 Å². The fourth-order valence-electron chi connectivity index (χ4n) is 3.58. The van der Waals surface area contributed by atoms with E-state index in [9.17, 15) is 0 Å². The molecule has 1 aromatic heterocycles. The normalized spacial score (nSPS) is 12.2. The molecule has 5 rings (SSSR count). The van der Waals surface area contributed by atoms with Gasteiger partial charge in [-0.1, -0.05) is 60.7 Å². The molecule has 3 aromatic carbocycles. The number of hydrogen-bond donors (Lipinski definition) is 0. The molecule has 2 heterocycles. The third-order valence-corrected chi connectivity index (χ3v) is 4.74. The van der Waals surface area contributed by atoms with E-state index in [1.807, 2.05) is 12.1 Å². The van der Waals surface area contributed by atoms with E-state index < -0.39 is 0 Å². The van der Waals surface area contributed by atoms with Crippen LogP contribution in [0, 0.1) is 0 Å². The summed E-state index contributed by atoms with van der Waals surface area (Å²) in [7, 11) is 0. The average molecular weight is 323 g/mol. The molecular weight excluding hydrogens is 306 g/mol. The van der Waals surface area contributed by atoms with Crippen molar-refractivity contribution in [3.05, 3.63) is 96.7 Å². The van der Waals surface area contributed by atoms with E-state index in [0.29, 0.717) is 6.61 Å². The number of benzene rings is 3. The van der Waals surface area contributed by atoms with Crippen LogP contribution in [0.1, 0.15) is 5.56 Å². The van der Waals surface area contributed by atoms with Gasteiger partial charge in [0.25, 0.3) is 0 Å². The summed E-state index contributed by atoms with van der Waals surface area (Å²) >= 11 is 0. The third-order valence-electron chi connectivity index (χ3n) is 4.74. The molecule has 0 N–H and O–H groups in total. The summed E-state index contributed by atoms with van der Waals surface area (Å²) in [6.45, 7) is 0.594. The van der Waals surface area contributed by atoms with Gasteiger partial charge in [0.2, 0.25) is 0 Å². The summed E-state index contributed by atoms with van der Waals surface area (Å²) < 4.78 is 8.34. The summed E-state index contributed by atoms with van der Waals surface area (Å²) in [4.78, 5) is 0. The summed E-state index contributed by atoms with van der Waals surface area (Å²) in [5.41, 5.74) is 7.23. The first kappa shape index (κ1) is 14.1. The highest BCUT2D eigenvalue weighted by molar-refractivity contribution is 5.83. The van der Waals surface area contributed by atoms with E-state index in [-0.39, 0.29) is 0 Å². The van der Waals surface area contributed by atoms with Gasteiger partial charge >= 0.3 is 0 Å². The lowest BCUT2D eigenvalue weighted by molar-refractivity contribution is 0.302. The first-order valence-corrected chi connectivity index (χ1v) is 8.49. The van der Waals surface area contributed by atoms with Gasteiger partial charge in [0.15, 0.2) is 0 Å². The molecule has 4 aromatic rings. The summed E-state index contributed by atoms with van der Waals surface area (Å²) in [5.74, 6) is 0.949. The highest BCUT2D eigenvalue weighted by Crippen LogP contribution is 2.43. The van der Waals surface area contributed by atoms with E-state index in [4.69, 9.17) is 4.74 Å². The van der Waals surface area contributed by atoms with Gasteiger partial charge in [-0.05, 0) is 29.8 Å². The quantitative estimate of drug-likeness (QED) is 0.461. The number of hydrogen-bond acceptors (Lipinski definition) is 1. The van der Waals surface area contributed by atoms with Crippen molar-refractivity contribution in [2.75, 3.05) is 0 Å². The van der Waals surface area contributed by atoms with Gasteiger partial charge in [0, 0.05) is 28.6 Å². The molecule has 25 heavy (non-hydrogen) atoms. The Morgan fingerprint density at radius 1 is 0.680 bits per heavy atom. The van der Waals surface area contributed by atoms with Gasteiger partial charge in [-0.15, -0.1) is 0 Å². The smallest absolute Gasteiger partial charge is 0.129 e. The molecule has 0 atom stereocenters. The molecule has 2 nitrogen and oxygen atoms in total. The minimum atomic E-state index is 0.594. The first-order chi connectivity index (χ1) is 12.4. The second-order valence-corrected chi connectivity index (χ2v) is 6.23. The molecule has 0 spiro atoms. The summed E-state index contributed by atoms with van der Waals surface area (Å²) in [6, 6.07) is 29.3. The molecule has 2 heteroatoms. The Balaban J connectivity index is 1.82. The molecule has 0 bridgehead atoms. The topological polar surface area (TPSA) is 14.2 Å². The molecule has 1 aliphatic rings. The molecule has 0 radical (unpaired) electrons. The maximum atomic E-state index is 6.05. The van der Waals surface area contributed by atoms with Crippen LogP contribution in [-0.4, -0.2) is 4.57 Å². The van der Waals surface area contributed by atoms with E-state index in [2.05, 4.69) is 83.6 Å². The van der Waals surface area contributed by atoms with Crippen molar-refractivity contribution in [2.45, 2.75) is 6.61 Å². The second kappa shape index (κ2) is 5.67. The Hall–Kier alpha value is -3.26. The standard InChI is InChI=1S/C23H17NO/c1-3-9-17(10-4-1)20-15-24(18-11-5-2-6-12-18)23-19-13-7-8-14-22(19)25-16-21(20)23/h1-15H,16H2. The maximum Gasteiger partial charge on any atom is 0.129 e. The largest absolute Gasteiger partial charge is 0.488 e. The predicted molar refractivity (Wildman–Crippen MR) is 101 cm³/mol. The van der Waals surface area contributed by atoms with E-state index in [0.717, 1.165) is 17.0 Å². The van der Waals surface area contributed by atoms with Crippen LogP contribution in [0.15, 0.2) is 91.1 Å². The lowest BCUT2D eigenvalue weighted by atomic mass is 9.98. The van der Waals surface area contributed by atoms with Crippen molar-refractivity contribution in [3.8, 4) is 33.8 Å². The van der Waals surface area contributed by atoms with Crippen LogP contribution < -0.4 is 4.74 Å². The minimum Gasteiger partial charge on any atom is -0.488 e. The van der Waals surface area contributed by atoms with Crippen molar-refractivity contribution < 1.29 is 4.74 Å². The highest BCUT2D eigenvalue weighted by atomic mass is 16.5. The van der Waals surface area contributed by atoms with Crippen molar-refractivity contribution in [3.63, 3.8) is 0 Å². The molecule has 0 unspecified atom stereocenters. The van der Waals surface area contributed by atoms with Gasteiger partial charge in [-0.2, -0.15) is 0 Å². The Labute approximate surface area is 146 Å². The Bertz CT molecular complexity index is 1030. The van der Waals surface area contributed by atoms with Crippen LogP contribution >= 0.6 is 0 Å². The van der Waals surface area contributed by atoms with Crippen LogP contribution in [-0.2, 0) is 6.61 Å². The van der Waals surface area contributed by atoms with Gasteiger partial charge in [-0.3, -0.25) is 0 Å². The lowest BCUT2D eigenvalue weighted by Gasteiger charge is -2.21. The number of nitrogens with zero attached hydrogens (tertiary/aromatic N) is 1. The molecule has 0 amide bonds. The predicted octanol–water partition coefficient (Wildman–Crippen LogP) is 5.70. The molecule has 0 saturated carbocycles. The van der Waals surface area contributed by atoms with Gasteiger partial charge in [-0.25, -0.2) is 0 Å². The Morgan fingerprint density at radius 2 is 1.36 bits per heavy atom. The lowest BCUT2D eigenvalue weighted by Crippen LogP contribution is -2.07. The van der Waals surface area contributed by atoms with Gasteiger partial charge in [0.1, 0.15) is 12.4 Å². The van der Waals surface area contributed by atoms with Crippen LogP contribution in [0.2, 0.25) is 0 Å². The molecule has 1 aliphatic heterocycles. The highest BCUT2D eigenvalue weighted by Gasteiger charge is 2.25. The van der Waals surface area contributed by atoms with Gasteiger partial charge < -0.3 is 9.30 Å². The number of para-hydroxylation sites is 2. The summed E-state index contributed by atoms with van der Waals surface area (Å²) in [5, 5.41) is 0. The van der Waals surface area contributed by atoms with Crippen LogP contribution in [0.4, 0.5) is 0 Å². The SMILES string of the molecule is c1ccc(-c2cn(-c3ccccc3)c3c2COc2ccccc2-3)cc1.